The summed E-state index contributed by atoms with van der Waals surface area (Å²) in [5.41, 5.74) is 1.65. The van der Waals surface area contributed by atoms with Gasteiger partial charge < -0.3 is 14.4 Å². The number of carbonyl (C=O) groups is 1. The fraction of sp³-hybridized carbons (Fsp3) is 0.222. The quantitative estimate of drug-likeness (QED) is 0.364. The van der Waals surface area contributed by atoms with Gasteiger partial charge in [-0.3, -0.25) is 0 Å². The van der Waals surface area contributed by atoms with Gasteiger partial charge >= 0.3 is 12.1 Å². The van der Waals surface area contributed by atoms with Gasteiger partial charge in [0.15, 0.2) is 0 Å². The number of alkyl halides is 3. The van der Waals surface area contributed by atoms with Gasteiger partial charge in [0.1, 0.15) is 24.0 Å². The Balaban J connectivity index is 1.80. The molecule has 1 N–H and O–H groups in total. The van der Waals surface area contributed by atoms with E-state index >= 15 is 0 Å². The summed E-state index contributed by atoms with van der Waals surface area (Å²) >= 11 is 0. The molecule has 0 aliphatic heterocycles. The fourth-order valence-electron chi connectivity index (χ4n) is 4.13. The number of hydrogen-bond donors (Lipinski definition) is 1. The van der Waals surface area contributed by atoms with Gasteiger partial charge in [0.05, 0.1) is 11.6 Å². The van der Waals surface area contributed by atoms with Crippen LogP contribution < -0.4 is 4.74 Å². The van der Waals surface area contributed by atoms with Crippen molar-refractivity contribution in [1.29, 1.82) is 0 Å². The van der Waals surface area contributed by atoms with Crippen LogP contribution in [0.5, 0.6) is 5.75 Å². The summed E-state index contributed by atoms with van der Waals surface area (Å²) in [7, 11) is 0. The van der Waals surface area contributed by atoms with Gasteiger partial charge in [0, 0.05) is 22.5 Å². The molecule has 0 amide bonds. The highest BCUT2D eigenvalue weighted by Gasteiger charge is 2.39. The lowest BCUT2D eigenvalue weighted by atomic mass is 10.0. The van der Waals surface area contributed by atoms with Crippen molar-refractivity contribution in [2.45, 2.75) is 32.5 Å². The van der Waals surface area contributed by atoms with E-state index in [9.17, 15) is 31.9 Å². The first-order chi connectivity index (χ1) is 17.0. The number of benzene rings is 2. The highest BCUT2D eigenvalue weighted by molar-refractivity contribution is 5.90. The Kier molecular flexibility index (Phi) is 7.01. The molecular weight excluding hydrogens is 481 g/mol. The molecule has 0 bridgehead atoms. The SMILES string of the molecule is Cc1ccc(-c2cc(F)ccc2OCc2ccc(F)cc2)n1C1=CC(C(F)(F)F)CCC(C(=O)O)=C1. The van der Waals surface area contributed by atoms with Crippen molar-refractivity contribution in [2.24, 2.45) is 5.92 Å². The Morgan fingerprint density at radius 2 is 1.75 bits per heavy atom. The first kappa shape index (κ1) is 25.2. The van der Waals surface area contributed by atoms with Crippen molar-refractivity contribution in [2.75, 3.05) is 0 Å². The van der Waals surface area contributed by atoms with Crippen LogP contribution in [0.15, 0.2) is 72.3 Å². The number of ether oxygens (including phenoxy) is 1. The molecule has 1 unspecified atom stereocenters. The Hall–Kier alpha value is -3.88. The highest BCUT2D eigenvalue weighted by Crippen LogP contribution is 2.39. The van der Waals surface area contributed by atoms with Crippen molar-refractivity contribution in [3.8, 4) is 17.0 Å². The zero-order valence-electron chi connectivity index (χ0n) is 19.2. The second-order valence-electron chi connectivity index (χ2n) is 8.50. The third kappa shape index (κ3) is 5.50. The van der Waals surface area contributed by atoms with E-state index in [1.54, 1.807) is 19.1 Å². The Bertz CT molecular complexity index is 1340. The number of carboxylic acids is 1. The summed E-state index contributed by atoms with van der Waals surface area (Å²) in [6.45, 7) is 1.70. The van der Waals surface area contributed by atoms with Crippen LogP contribution in [0, 0.1) is 24.5 Å². The second kappa shape index (κ2) is 10.0. The lowest BCUT2D eigenvalue weighted by molar-refractivity contribution is -0.162. The summed E-state index contributed by atoms with van der Waals surface area (Å²) in [4.78, 5) is 11.7. The molecule has 1 aliphatic rings. The molecule has 1 aromatic heterocycles. The van der Waals surface area contributed by atoms with Gasteiger partial charge in [-0.05, 0) is 79.9 Å². The molecule has 0 radical (unpaired) electrons. The van der Waals surface area contributed by atoms with E-state index in [4.69, 9.17) is 4.74 Å². The zero-order chi connectivity index (χ0) is 26.0. The average Bonchev–Trinajstić information content (AvgIpc) is 3.05. The van der Waals surface area contributed by atoms with Crippen LogP contribution in [-0.4, -0.2) is 21.8 Å². The van der Waals surface area contributed by atoms with Crippen LogP contribution in [-0.2, 0) is 11.4 Å². The number of aryl methyl sites for hydroxylation is 1. The third-order valence-corrected chi connectivity index (χ3v) is 5.97. The molecule has 188 valence electrons. The largest absolute Gasteiger partial charge is 0.488 e. The van der Waals surface area contributed by atoms with Crippen LogP contribution in [0.1, 0.15) is 24.1 Å². The predicted molar refractivity (Wildman–Crippen MR) is 124 cm³/mol. The molecule has 1 heterocycles. The molecule has 36 heavy (non-hydrogen) atoms. The summed E-state index contributed by atoms with van der Waals surface area (Å²) in [6.07, 6.45) is -2.97. The predicted octanol–water partition coefficient (Wildman–Crippen LogP) is 7.14. The topological polar surface area (TPSA) is 51.5 Å². The molecule has 0 fully saturated rings. The normalized spacial score (nSPS) is 16.2. The van der Waals surface area contributed by atoms with Crippen LogP contribution in [0.2, 0.25) is 0 Å². The number of aliphatic carboxylic acids is 1. The van der Waals surface area contributed by atoms with E-state index in [-0.39, 0.29) is 35.6 Å². The standard InChI is InChI=1S/C27H22F5NO3/c1-16-2-10-24(33(16)22-12-18(26(34)35)5-6-19(13-22)27(30,31)32)23-14-21(29)9-11-25(23)36-15-17-3-7-20(28)8-4-17/h2-4,7-14,19H,5-6,15H2,1H3,(H,34,35). The van der Waals surface area contributed by atoms with Crippen molar-refractivity contribution in [3.05, 3.63) is 95.2 Å². The maximum absolute atomic E-state index is 14.3. The van der Waals surface area contributed by atoms with Gasteiger partial charge in [0.25, 0.3) is 0 Å². The molecule has 0 spiro atoms. The monoisotopic (exact) mass is 503 g/mol. The summed E-state index contributed by atoms with van der Waals surface area (Å²) < 4.78 is 75.9. The number of rotatable bonds is 6. The molecule has 4 nitrogen and oxygen atoms in total. The van der Waals surface area contributed by atoms with Crippen molar-refractivity contribution >= 4 is 11.7 Å². The number of carboxylic acid groups (broad SMARTS) is 1. The van der Waals surface area contributed by atoms with Crippen LogP contribution in [0.25, 0.3) is 17.0 Å². The van der Waals surface area contributed by atoms with E-state index in [0.29, 0.717) is 17.0 Å². The Morgan fingerprint density at radius 1 is 1.06 bits per heavy atom. The number of aromatic nitrogens is 1. The molecule has 2 aromatic carbocycles. The van der Waals surface area contributed by atoms with Crippen molar-refractivity contribution in [1.82, 2.24) is 4.57 Å². The molecular formula is C27H22F5NO3. The van der Waals surface area contributed by atoms with E-state index in [1.165, 1.54) is 53.1 Å². The molecule has 1 atom stereocenters. The first-order valence-electron chi connectivity index (χ1n) is 11.1. The number of halogens is 5. The van der Waals surface area contributed by atoms with Crippen LogP contribution in [0.3, 0.4) is 0 Å². The summed E-state index contributed by atoms with van der Waals surface area (Å²) in [5, 5.41) is 9.52. The zero-order valence-corrected chi connectivity index (χ0v) is 19.2. The van der Waals surface area contributed by atoms with Gasteiger partial charge in [-0.2, -0.15) is 13.2 Å². The minimum atomic E-state index is -4.56. The van der Waals surface area contributed by atoms with Gasteiger partial charge in [0.2, 0.25) is 0 Å². The van der Waals surface area contributed by atoms with Crippen LogP contribution in [0.4, 0.5) is 22.0 Å². The molecule has 1 aliphatic carbocycles. The second-order valence-corrected chi connectivity index (χ2v) is 8.50. The van der Waals surface area contributed by atoms with E-state index < -0.39 is 36.1 Å². The molecule has 0 saturated carbocycles. The molecule has 0 saturated heterocycles. The maximum atomic E-state index is 14.3. The lowest BCUT2D eigenvalue weighted by Crippen LogP contribution is -2.21. The van der Waals surface area contributed by atoms with Crippen molar-refractivity contribution in [3.63, 3.8) is 0 Å². The Morgan fingerprint density at radius 3 is 2.42 bits per heavy atom. The third-order valence-electron chi connectivity index (χ3n) is 5.97. The van der Waals surface area contributed by atoms with E-state index in [1.807, 2.05) is 0 Å². The smallest absolute Gasteiger partial charge is 0.395 e. The van der Waals surface area contributed by atoms with Gasteiger partial charge in [-0.25, -0.2) is 13.6 Å². The van der Waals surface area contributed by atoms with E-state index in [0.717, 1.165) is 6.08 Å². The van der Waals surface area contributed by atoms with Gasteiger partial charge in [-0.1, -0.05) is 12.1 Å². The molecule has 4 rings (SSSR count). The van der Waals surface area contributed by atoms with Gasteiger partial charge in [-0.15, -0.1) is 0 Å². The fourth-order valence-corrected chi connectivity index (χ4v) is 4.13. The summed E-state index contributed by atoms with van der Waals surface area (Å²) in [6, 6.07) is 12.7. The minimum absolute atomic E-state index is 0.0264. The molecule has 9 heteroatoms. The number of nitrogens with zero attached hydrogens (tertiary/aromatic N) is 1. The molecule has 3 aromatic rings. The summed E-state index contributed by atoms with van der Waals surface area (Å²) in [5.74, 6) is -3.89. The maximum Gasteiger partial charge on any atom is 0.395 e. The van der Waals surface area contributed by atoms with E-state index in [2.05, 4.69) is 0 Å². The first-order valence-corrected chi connectivity index (χ1v) is 11.1. The lowest BCUT2D eigenvalue weighted by Gasteiger charge is -2.19. The number of hydrogen-bond acceptors (Lipinski definition) is 2. The average molecular weight is 503 g/mol. The van der Waals surface area contributed by atoms with Crippen LogP contribution >= 0.6 is 0 Å². The Labute approximate surface area is 203 Å². The number of allylic oxidation sites excluding steroid dienone is 3. The minimum Gasteiger partial charge on any atom is -0.488 e. The van der Waals surface area contributed by atoms with Crippen molar-refractivity contribution < 1.29 is 36.6 Å². The highest BCUT2D eigenvalue weighted by atomic mass is 19.4.